The number of amides is 1. The van der Waals surface area contributed by atoms with Gasteiger partial charge in [-0.2, -0.15) is 0 Å². The molecule has 0 aromatic rings. The van der Waals surface area contributed by atoms with Crippen LogP contribution < -0.4 is 0 Å². The van der Waals surface area contributed by atoms with Crippen molar-refractivity contribution in [1.82, 2.24) is 0 Å². The second-order valence-electron chi connectivity index (χ2n) is 14.9. The van der Waals surface area contributed by atoms with Crippen LogP contribution in [-0.2, 0) is 42.7 Å². The Labute approximate surface area is 290 Å². The lowest BCUT2D eigenvalue weighted by Crippen LogP contribution is -2.71. The maximum Gasteiger partial charge on any atom is 0.416 e. The van der Waals surface area contributed by atoms with Crippen molar-refractivity contribution in [1.29, 1.82) is 0 Å². The van der Waals surface area contributed by atoms with Crippen molar-refractivity contribution < 1.29 is 47.3 Å². The molecule has 0 aromatic carbocycles. The molecule has 0 saturated carbocycles. The summed E-state index contributed by atoms with van der Waals surface area (Å²) >= 11 is 0. The Morgan fingerprint density at radius 1 is 0.896 bits per heavy atom. The minimum Gasteiger partial charge on any atom is -0.461 e. The molecule has 48 heavy (non-hydrogen) atoms. The lowest BCUT2D eigenvalue weighted by molar-refractivity contribution is -1.04. The summed E-state index contributed by atoms with van der Waals surface area (Å²) in [5.74, 6) is -1.88. The van der Waals surface area contributed by atoms with Gasteiger partial charge in [0.2, 0.25) is 6.04 Å². The summed E-state index contributed by atoms with van der Waals surface area (Å²) in [4.78, 5) is 56.2. The van der Waals surface area contributed by atoms with Gasteiger partial charge in [-0.15, -0.1) is 4.65 Å². The van der Waals surface area contributed by atoms with E-state index in [1.807, 2.05) is 26.8 Å². The number of hydroxylamine groups is 3. The van der Waals surface area contributed by atoms with Crippen LogP contribution in [0, 0.1) is 17.8 Å². The Balaban J connectivity index is 2.10. The lowest BCUT2D eigenvalue weighted by atomic mass is 9.84. The summed E-state index contributed by atoms with van der Waals surface area (Å²) < 4.78 is 30.8. The number of rotatable bonds is 7. The number of allylic oxidation sites excluding steroid dienone is 2. The maximum absolute atomic E-state index is 14.8. The topological polar surface area (TPSA) is 114 Å². The highest BCUT2D eigenvalue weighted by Crippen LogP contribution is 2.38. The van der Waals surface area contributed by atoms with E-state index in [1.54, 1.807) is 14.2 Å². The molecule has 11 heteroatoms. The Morgan fingerprint density at radius 2 is 1.54 bits per heavy atom. The van der Waals surface area contributed by atoms with Crippen LogP contribution in [-0.4, -0.2) is 94.2 Å². The molecule has 0 aliphatic carbocycles. The Bertz CT molecular complexity index is 1130. The van der Waals surface area contributed by atoms with Crippen molar-refractivity contribution in [2.24, 2.45) is 17.8 Å². The predicted octanol–water partition coefficient (Wildman–Crippen LogP) is 6.51. The molecule has 1 amide bonds. The fourth-order valence-electron chi connectivity index (χ4n) is 7.90. The molecule has 0 radical (unpaired) electrons. The van der Waals surface area contributed by atoms with E-state index in [9.17, 15) is 19.2 Å². The number of quaternary nitrogens is 1. The third-order valence-corrected chi connectivity index (χ3v) is 15.8. The van der Waals surface area contributed by atoms with E-state index >= 15 is 0 Å². The molecular formula is C37H64NO9Si+. The van der Waals surface area contributed by atoms with Crippen LogP contribution in [0.5, 0.6) is 0 Å². The van der Waals surface area contributed by atoms with Crippen molar-refractivity contribution in [3.8, 4) is 0 Å². The molecule has 9 atom stereocenters. The molecule has 9 unspecified atom stereocenters. The van der Waals surface area contributed by atoms with Gasteiger partial charge in [-0.25, -0.2) is 14.1 Å². The number of carbonyl (C=O) groups excluding carboxylic acids is 4. The highest BCUT2D eigenvalue weighted by Gasteiger charge is 2.61. The van der Waals surface area contributed by atoms with Crippen molar-refractivity contribution in [2.45, 2.75) is 155 Å². The highest BCUT2D eigenvalue weighted by atomic mass is 28.4. The molecule has 3 aliphatic rings. The van der Waals surface area contributed by atoms with Gasteiger partial charge in [-0.1, -0.05) is 53.2 Å². The molecule has 0 N–H and O–H groups in total. The minimum absolute atomic E-state index is 0.0376. The molecule has 0 spiro atoms. The zero-order valence-electron chi connectivity index (χ0n) is 31.2. The summed E-state index contributed by atoms with van der Waals surface area (Å²) in [5, 5.41) is 0. The predicted molar refractivity (Wildman–Crippen MR) is 186 cm³/mol. The van der Waals surface area contributed by atoms with E-state index in [0.29, 0.717) is 44.9 Å². The number of hydrogen-bond donors (Lipinski definition) is 0. The fourth-order valence-corrected chi connectivity index (χ4v) is 10.8. The fraction of sp³-hybridized carbons (Fsp3) is 0.838. The van der Waals surface area contributed by atoms with Crippen molar-refractivity contribution in [2.75, 3.05) is 27.4 Å². The summed E-state index contributed by atoms with van der Waals surface area (Å²) in [6, 6.07) is 1.32. The highest BCUT2D eigenvalue weighted by molar-refractivity contribution is 6.73. The number of methoxy groups -OCH3 is 2. The molecule has 2 saturated heterocycles. The number of piperidine rings is 1. The average Bonchev–Trinajstić information content (AvgIpc) is 3.09. The number of cyclic esters (lactones) is 1. The number of ketones is 2. The first kappa shape index (κ1) is 40.7. The van der Waals surface area contributed by atoms with Crippen LogP contribution in [0.15, 0.2) is 11.6 Å². The van der Waals surface area contributed by atoms with Gasteiger partial charge in [0, 0.05) is 39.9 Å². The van der Waals surface area contributed by atoms with E-state index in [4.69, 9.17) is 23.5 Å². The molecule has 274 valence electrons. The molecule has 2 bridgehead atoms. The van der Waals surface area contributed by atoms with Gasteiger partial charge in [0.15, 0.2) is 0 Å². The van der Waals surface area contributed by atoms with Crippen molar-refractivity contribution in [3.63, 3.8) is 0 Å². The van der Waals surface area contributed by atoms with Crippen LogP contribution >= 0.6 is 0 Å². The number of hydrogen-bond acceptors (Lipinski definition) is 9. The summed E-state index contributed by atoms with van der Waals surface area (Å²) in [6.45, 7) is 14.7. The van der Waals surface area contributed by atoms with Crippen molar-refractivity contribution >= 4 is 31.8 Å². The maximum atomic E-state index is 14.8. The van der Waals surface area contributed by atoms with E-state index in [1.165, 1.54) is 0 Å². The second-order valence-corrected chi connectivity index (χ2v) is 19.6. The van der Waals surface area contributed by atoms with Gasteiger partial charge < -0.3 is 18.9 Å². The number of ether oxygens (including phenoxy) is 4. The molecule has 3 rings (SSSR count). The summed E-state index contributed by atoms with van der Waals surface area (Å²) in [6.07, 6.45) is 4.78. The van der Waals surface area contributed by atoms with Crippen LogP contribution in [0.1, 0.15) is 106 Å². The Hall–Kier alpha value is -1.76. The smallest absolute Gasteiger partial charge is 0.416 e. The number of carbonyl (C=O) groups is 4. The zero-order chi connectivity index (χ0) is 35.6. The third-order valence-electron chi connectivity index (χ3n) is 11.3. The number of Topliss-reactive ketones (excluding diaryl/α,β-unsaturated/α-hetero) is 2. The second kappa shape index (κ2) is 18.5. The summed E-state index contributed by atoms with van der Waals surface area (Å²) in [5.41, 5.74) is 1.13. The third kappa shape index (κ3) is 9.72. The van der Waals surface area contributed by atoms with Gasteiger partial charge in [-0.3, -0.25) is 9.59 Å². The standard InChI is InChI=1S/C37H64NO9Si/c1-10-48(11-2,12-3)47-38-20-14-13-15-30(38)37(42)45-24-26(5)17-19-29(39)18-16-25(4)21-27(6)22-31(43-8)35-32(44-9)23-28(7)34(46-35)33(40)36(38)41/h16,26-28,30-32,34-35H,10-15,17-24H2,1-9H3/q+1. The van der Waals surface area contributed by atoms with Gasteiger partial charge in [0.25, 0.3) is 14.1 Å². The Kier molecular flexibility index (Phi) is 15.6. The lowest BCUT2D eigenvalue weighted by Gasteiger charge is -2.47. The van der Waals surface area contributed by atoms with Crippen LogP contribution in [0.3, 0.4) is 0 Å². The number of fused-ring (bicyclic) bond motifs is 3. The van der Waals surface area contributed by atoms with Gasteiger partial charge in [0.05, 0.1) is 18.8 Å². The first-order chi connectivity index (χ1) is 22.8. The van der Waals surface area contributed by atoms with E-state index in [0.717, 1.165) is 36.5 Å². The molecule has 3 heterocycles. The first-order valence-corrected chi connectivity index (χ1v) is 21.0. The van der Waals surface area contributed by atoms with Crippen LogP contribution in [0.25, 0.3) is 0 Å². The quantitative estimate of drug-likeness (QED) is 0.0968. The number of nitrogens with zero attached hydrogens (tertiary/aromatic N) is 1. The van der Waals surface area contributed by atoms with Crippen LogP contribution in [0.4, 0.5) is 0 Å². The van der Waals surface area contributed by atoms with Gasteiger partial charge in [0.1, 0.15) is 24.5 Å². The zero-order valence-corrected chi connectivity index (χ0v) is 32.2. The summed E-state index contributed by atoms with van der Waals surface area (Å²) in [7, 11) is 0.752. The number of esters is 1. The average molecular weight is 695 g/mol. The normalized spacial score (nSPS) is 35.6. The van der Waals surface area contributed by atoms with Gasteiger partial charge >= 0.3 is 11.9 Å². The van der Waals surface area contributed by atoms with E-state index < -0.39 is 48.9 Å². The molecular weight excluding hydrogens is 630 g/mol. The van der Waals surface area contributed by atoms with E-state index in [-0.39, 0.29) is 48.9 Å². The van der Waals surface area contributed by atoms with Crippen molar-refractivity contribution in [3.05, 3.63) is 11.6 Å². The van der Waals surface area contributed by atoms with Gasteiger partial charge in [-0.05, 0) is 74.9 Å². The largest absolute Gasteiger partial charge is 0.461 e. The monoisotopic (exact) mass is 694 g/mol. The molecule has 0 aromatic heterocycles. The van der Waals surface area contributed by atoms with Crippen LogP contribution in [0.2, 0.25) is 18.1 Å². The molecule has 10 nitrogen and oxygen atoms in total. The Morgan fingerprint density at radius 3 is 2.17 bits per heavy atom. The SMILES string of the molecule is CC[Si](CC)(CC)O[N+]12CCCCC1C(=O)OCC(C)CCC(=O)CC=C(C)CC(C)CC(OC)C1OC(C(=O)C2=O)C(C)CC1OC. The molecule has 3 aliphatic heterocycles. The minimum atomic E-state index is -2.52. The van der Waals surface area contributed by atoms with E-state index in [2.05, 4.69) is 27.7 Å². The molecule has 2 fully saturated rings. The first-order valence-electron chi connectivity index (χ1n) is 18.5.